The predicted octanol–water partition coefficient (Wildman–Crippen LogP) is 3.49. The summed E-state index contributed by atoms with van der Waals surface area (Å²) >= 11 is 0. The Morgan fingerprint density at radius 3 is 2.54 bits per heavy atom. The molecule has 35 heavy (non-hydrogen) atoms. The first-order chi connectivity index (χ1) is 16.9. The molecule has 0 aliphatic carbocycles. The highest BCUT2D eigenvalue weighted by Gasteiger charge is 2.26. The van der Waals surface area contributed by atoms with Crippen LogP contribution in [0.3, 0.4) is 0 Å². The summed E-state index contributed by atoms with van der Waals surface area (Å²) < 4.78 is 24.7. The van der Waals surface area contributed by atoms with Crippen LogP contribution in [0.1, 0.15) is 17.1 Å². The Morgan fingerprint density at radius 1 is 1.17 bits per heavy atom. The lowest BCUT2D eigenvalue weighted by Gasteiger charge is -2.34. The highest BCUT2D eigenvalue weighted by atomic mass is 19.1. The first kappa shape index (κ1) is 23.4. The number of rotatable bonds is 7. The maximum absolute atomic E-state index is 13.7. The number of nitro benzene ring substituents is 1. The van der Waals surface area contributed by atoms with E-state index in [1.807, 2.05) is 11.0 Å². The number of para-hydroxylation sites is 1. The van der Waals surface area contributed by atoms with Crippen molar-refractivity contribution in [3.05, 3.63) is 81.6 Å². The Kier molecular flexibility index (Phi) is 7.02. The SMILES string of the molecule is N#Cc1nc(/C=C/c2ccc([N+](=O)[O-])cc2)oc1N1CCN(C(=O)COc2ccccc2F)CC1. The van der Waals surface area contributed by atoms with E-state index in [0.29, 0.717) is 37.6 Å². The fraction of sp³-hybridized carbons (Fsp3) is 0.208. The third-order valence-electron chi connectivity index (χ3n) is 5.36. The lowest BCUT2D eigenvalue weighted by atomic mass is 10.2. The quantitative estimate of drug-likeness (QED) is 0.374. The Morgan fingerprint density at radius 2 is 1.89 bits per heavy atom. The number of hydrogen-bond acceptors (Lipinski definition) is 8. The average molecular weight is 477 g/mol. The number of aromatic nitrogens is 1. The van der Waals surface area contributed by atoms with Crippen LogP contribution in [0.2, 0.25) is 0 Å². The molecule has 1 fully saturated rings. The number of nitriles is 1. The number of nitrogens with zero attached hydrogens (tertiary/aromatic N) is 5. The first-order valence-electron chi connectivity index (χ1n) is 10.7. The topological polar surface area (TPSA) is 126 Å². The fourth-order valence-electron chi connectivity index (χ4n) is 3.51. The molecule has 0 atom stereocenters. The minimum Gasteiger partial charge on any atom is -0.481 e. The molecule has 0 radical (unpaired) electrons. The summed E-state index contributed by atoms with van der Waals surface area (Å²) in [6.45, 7) is 1.31. The number of benzene rings is 2. The molecule has 0 bridgehead atoms. The second-order valence-electron chi connectivity index (χ2n) is 7.59. The predicted molar refractivity (Wildman–Crippen MR) is 124 cm³/mol. The first-order valence-corrected chi connectivity index (χ1v) is 10.7. The van der Waals surface area contributed by atoms with Crippen LogP contribution in [0.5, 0.6) is 5.75 Å². The standard InChI is InChI=1S/C24H20FN5O5/c25-19-3-1-2-4-21(19)34-16-23(31)28-11-13-29(14-12-28)24-20(15-26)27-22(35-24)10-7-17-5-8-18(9-6-17)30(32)33/h1-10H,11-14,16H2/b10-7+. The fourth-order valence-corrected chi connectivity index (χ4v) is 3.51. The van der Waals surface area contributed by atoms with Crippen LogP contribution in [0.15, 0.2) is 52.9 Å². The van der Waals surface area contributed by atoms with E-state index >= 15 is 0 Å². The van der Waals surface area contributed by atoms with Gasteiger partial charge >= 0.3 is 0 Å². The van der Waals surface area contributed by atoms with Gasteiger partial charge in [0, 0.05) is 44.4 Å². The number of oxazole rings is 1. The highest BCUT2D eigenvalue weighted by molar-refractivity contribution is 5.78. The van der Waals surface area contributed by atoms with Crippen molar-refractivity contribution in [3.63, 3.8) is 0 Å². The van der Waals surface area contributed by atoms with Crippen LogP contribution >= 0.6 is 0 Å². The van der Waals surface area contributed by atoms with Gasteiger partial charge in [-0.1, -0.05) is 12.1 Å². The van der Waals surface area contributed by atoms with Gasteiger partial charge in [-0.25, -0.2) is 4.39 Å². The van der Waals surface area contributed by atoms with Gasteiger partial charge in [0.05, 0.1) is 4.92 Å². The molecule has 178 valence electrons. The monoisotopic (exact) mass is 477 g/mol. The zero-order valence-electron chi connectivity index (χ0n) is 18.5. The molecule has 2 heterocycles. The van der Waals surface area contributed by atoms with Gasteiger partial charge in [0.25, 0.3) is 11.6 Å². The number of halogens is 1. The van der Waals surface area contributed by atoms with Crippen molar-refractivity contribution < 1.29 is 23.3 Å². The molecule has 10 nitrogen and oxygen atoms in total. The molecule has 4 rings (SSSR count). The number of piperazine rings is 1. The van der Waals surface area contributed by atoms with Crippen LogP contribution in [-0.2, 0) is 4.79 Å². The lowest BCUT2D eigenvalue weighted by Crippen LogP contribution is -2.50. The zero-order chi connectivity index (χ0) is 24.8. The molecule has 11 heteroatoms. The van der Waals surface area contributed by atoms with Crippen molar-refractivity contribution in [2.24, 2.45) is 0 Å². The van der Waals surface area contributed by atoms with E-state index in [0.717, 1.165) is 0 Å². The van der Waals surface area contributed by atoms with Crippen LogP contribution < -0.4 is 9.64 Å². The molecule has 1 aliphatic rings. The van der Waals surface area contributed by atoms with Crippen molar-refractivity contribution in [1.29, 1.82) is 5.26 Å². The smallest absolute Gasteiger partial charge is 0.269 e. The Labute approximate surface area is 199 Å². The molecule has 1 aromatic heterocycles. The molecule has 0 saturated carbocycles. The summed E-state index contributed by atoms with van der Waals surface area (Å²) in [6, 6.07) is 13.9. The van der Waals surface area contributed by atoms with Gasteiger partial charge in [0.15, 0.2) is 18.2 Å². The van der Waals surface area contributed by atoms with Crippen molar-refractivity contribution in [2.45, 2.75) is 0 Å². The van der Waals surface area contributed by atoms with Crippen LogP contribution in [0.25, 0.3) is 12.2 Å². The number of non-ortho nitro benzene ring substituents is 1. The van der Waals surface area contributed by atoms with E-state index in [9.17, 15) is 24.6 Å². The average Bonchev–Trinajstić information content (AvgIpc) is 3.30. The Hall–Kier alpha value is -4.72. The zero-order valence-corrected chi connectivity index (χ0v) is 18.5. The second-order valence-corrected chi connectivity index (χ2v) is 7.59. The number of amides is 1. The van der Waals surface area contributed by atoms with Crippen LogP contribution in [-0.4, -0.2) is 53.5 Å². The van der Waals surface area contributed by atoms with Gasteiger partial charge in [-0.2, -0.15) is 10.2 Å². The lowest BCUT2D eigenvalue weighted by molar-refractivity contribution is -0.384. The third kappa shape index (κ3) is 5.62. The van der Waals surface area contributed by atoms with Gasteiger partial charge in [-0.3, -0.25) is 14.9 Å². The van der Waals surface area contributed by atoms with Crippen LogP contribution in [0, 0.1) is 27.3 Å². The molecule has 0 spiro atoms. The van der Waals surface area contributed by atoms with Gasteiger partial charge in [-0.05, 0) is 35.9 Å². The molecule has 1 amide bonds. The molecule has 1 saturated heterocycles. The van der Waals surface area contributed by atoms with Crippen molar-refractivity contribution in [1.82, 2.24) is 9.88 Å². The van der Waals surface area contributed by atoms with E-state index in [4.69, 9.17) is 9.15 Å². The number of anilines is 1. The number of hydrogen-bond donors (Lipinski definition) is 0. The van der Waals surface area contributed by atoms with Crippen LogP contribution in [0.4, 0.5) is 16.0 Å². The maximum Gasteiger partial charge on any atom is 0.269 e. The molecule has 0 N–H and O–H groups in total. The van der Waals surface area contributed by atoms with E-state index in [2.05, 4.69) is 4.98 Å². The molecule has 1 aliphatic heterocycles. The van der Waals surface area contributed by atoms with Gasteiger partial charge in [0.2, 0.25) is 17.5 Å². The van der Waals surface area contributed by atoms with Gasteiger partial charge < -0.3 is 19.0 Å². The number of carbonyl (C=O) groups excluding carboxylic acids is 1. The third-order valence-corrected chi connectivity index (χ3v) is 5.36. The summed E-state index contributed by atoms with van der Waals surface area (Å²) in [5.74, 6) is -0.248. The summed E-state index contributed by atoms with van der Waals surface area (Å²) in [7, 11) is 0. The van der Waals surface area contributed by atoms with Crippen molar-refractivity contribution >= 4 is 29.6 Å². The minimum absolute atomic E-state index is 0.0104. The highest BCUT2D eigenvalue weighted by Crippen LogP contribution is 2.25. The summed E-state index contributed by atoms with van der Waals surface area (Å²) in [5, 5.41) is 20.2. The molecule has 2 aromatic carbocycles. The van der Waals surface area contributed by atoms with Gasteiger partial charge in [0.1, 0.15) is 6.07 Å². The van der Waals surface area contributed by atoms with Crippen molar-refractivity contribution in [3.8, 4) is 11.8 Å². The Balaban J connectivity index is 1.35. The van der Waals surface area contributed by atoms with Gasteiger partial charge in [-0.15, -0.1) is 0 Å². The minimum atomic E-state index is -0.530. The summed E-state index contributed by atoms with van der Waals surface area (Å²) in [6.07, 6.45) is 3.25. The normalized spacial score (nSPS) is 13.6. The summed E-state index contributed by atoms with van der Waals surface area (Å²) in [4.78, 5) is 30.4. The second kappa shape index (κ2) is 10.5. The molecular formula is C24H20FN5O5. The maximum atomic E-state index is 13.7. The van der Waals surface area contributed by atoms with E-state index in [1.54, 1.807) is 41.3 Å². The number of ether oxygens (including phenoxy) is 1. The summed E-state index contributed by atoms with van der Waals surface area (Å²) in [5.41, 5.74) is 0.818. The van der Waals surface area contributed by atoms with Crippen molar-refractivity contribution in [2.75, 3.05) is 37.7 Å². The number of carbonyl (C=O) groups is 1. The number of nitro groups is 1. The van der Waals surface area contributed by atoms with E-state index in [-0.39, 0.29) is 35.5 Å². The molecular weight excluding hydrogens is 457 g/mol. The van der Waals surface area contributed by atoms with E-state index < -0.39 is 10.7 Å². The molecule has 0 unspecified atom stereocenters. The Bertz CT molecular complexity index is 1290. The van der Waals surface area contributed by atoms with E-state index in [1.165, 1.54) is 24.3 Å². The molecule has 3 aromatic rings. The largest absolute Gasteiger partial charge is 0.481 e.